The minimum Gasteiger partial charge on any atom is -0.171 e. The number of benzene rings is 1. The first-order chi connectivity index (χ1) is 14.0. The molecule has 3 atom stereocenters. The van der Waals surface area contributed by atoms with Gasteiger partial charge < -0.3 is 0 Å². The third kappa shape index (κ3) is 7.97. The van der Waals surface area contributed by atoms with Crippen molar-refractivity contribution in [3.63, 3.8) is 0 Å². The van der Waals surface area contributed by atoms with Gasteiger partial charge in [0.25, 0.3) is 0 Å². The summed E-state index contributed by atoms with van der Waals surface area (Å²) in [7, 11) is 2.78. The first-order valence-corrected chi connectivity index (χ1v) is 12.7. The van der Waals surface area contributed by atoms with E-state index in [1.807, 2.05) is 6.92 Å². The fourth-order valence-corrected chi connectivity index (χ4v) is 4.29. The molecule has 0 nitrogen and oxygen atoms in total. The lowest BCUT2D eigenvalue weighted by Gasteiger charge is -2.25. The Bertz CT molecular complexity index is 859. The lowest BCUT2D eigenvalue weighted by molar-refractivity contribution is 0.644. The fourth-order valence-electron chi connectivity index (χ4n) is 3.63. The zero-order valence-corrected chi connectivity index (χ0v) is 22.7. The molecule has 0 aromatic heterocycles. The first kappa shape index (κ1) is 25.9. The van der Waals surface area contributed by atoms with Crippen molar-refractivity contribution in [2.45, 2.75) is 76.0 Å². The minimum atomic E-state index is -0.191. The van der Waals surface area contributed by atoms with Crippen LogP contribution in [0.15, 0.2) is 53.0 Å². The van der Waals surface area contributed by atoms with Crippen molar-refractivity contribution in [2.75, 3.05) is 0 Å². The summed E-state index contributed by atoms with van der Waals surface area (Å²) in [6.07, 6.45) is 13.3. The van der Waals surface area contributed by atoms with Gasteiger partial charge in [-0.2, -0.15) is 25.3 Å². The van der Waals surface area contributed by atoms with Gasteiger partial charge in [0.15, 0.2) is 0 Å². The van der Waals surface area contributed by atoms with Crippen LogP contribution in [0.5, 0.6) is 0 Å². The Labute approximate surface area is 203 Å². The largest absolute Gasteiger partial charge is 0.171 e. The Hall–Kier alpha value is -0.340. The van der Waals surface area contributed by atoms with Gasteiger partial charge in [-0.15, -0.1) is 21.9 Å². The third-order valence-electron chi connectivity index (χ3n) is 5.74. The molecule has 3 unspecified atom stereocenters. The van der Waals surface area contributed by atoms with Crippen molar-refractivity contribution in [1.29, 1.82) is 0 Å². The second-order valence-corrected chi connectivity index (χ2v) is 12.8. The van der Waals surface area contributed by atoms with Crippen molar-refractivity contribution in [1.82, 2.24) is 0 Å². The maximum absolute atomic E-state index is 5.03. The van der Waals surface area contributed by atoms with Crippen LogP contribution in [0, 0.1) is 6.92 Å². The fraction of sp³-hybridized carbons (Fsp3) is 0.462. The summed E-state index contributed by atoms with van der Waals surface area (Å²) in [6, 6.07) is 4.60. The maximum Gasteiger partial charge on any atom is 0.0422 e. The van der Waals surface area contributed by atoms with Gasteiger partial charge in [0.2, 0.25) is 0 Å². The summed E-state index contributed by atoms with van der Waals surface area (Å²) in [5.74, 6) is 0. The molecule has 1 aliphatic carbocycles. The highest BCUT2D eigenvalue weighted by atomic mass is 32.1. The number of hydrogen-bond donors (Lipinski definition) is 3. The van der Waals surface area contributed by atoms with Crippen LogP contribution >= 0.6 is 47.1 Å². The second kappa shape index (κ2) is 11.5. The lowest BCUT2D eigenvalue weighted by atomic mass is 9.85. The van der Waals surface area contributed by atoms with Crippen LogP contribution in [-0.2, 0) is 12.8 Å². The zero-order valence-electron chi connectivity index (χ0n) is 18.8. The van der Waals surface area contributed by atoms with Gasteiger partial charge in [0, 0.05) is 9.74 Å². The molecule has 1 saturated carbocycles. The van der Waals surface area contributed by atoms with E-state index in [-0.39, 0.29) is 9.74 Å². The molecule has 0 saturated heterocycles. The summed E-state index contributed by atoms with van der Waals surface area (Å²) in [5, 5.41) is 0.244. The van der Waals surface area contributed by atoms with E-state index in [1.165, 1.54) is 47.1 Å². The van der Waals surface area contributed by atoms with Crippen molar-refractivity contribution in [2.24, 2.45) is 0 Å². The molecule has 164 valence electrons. The number of hydrogen-bond acceptors (Lipinski definition) is 3. The van der Waals surface area contributed by atoms with Gasteiger partial charge in [-0.3, -0.25) is 0 Å². The molecule has 0 amide bonds. The van der Waals surface area contributed by atoms with Gasteiger partial charge in [-0.25, -0.2) is 0 Å². The lowest BCUT2D eigenvalue weighted by Crippen LogP contribution is -2.12. The quantitative estimate of drug-likeness (QED) is 0.232. The average Bonchev–Trinajstić information content (AvgIpc) is 2.60. The van der Waals surface area contributed by atoms with Crippen LogP contribution in [0.4, 0.5) is 0 Å². The smallest absolute Gasteiger partial charge is 0.0422 e. The van der Waals surface area contributed by atoms with Gasteiger partial charge in [0.1, 0.15) is 0 Å². The number of allylic oxidation sites excluding steroid dienone is 5. The highest BCUT2D eigenvalue weighted by Crippen LogP contribution is 2.35. The zero-order chi connectivity index (χ0) is 22.5. The Balaban J connectivity index is 2.25. The topological polar surface area (TPSA) is 0 Å². The molecule has 1 aromatic rings. The summed E-state index contributed by atoms with van der Waals surface area (Å²) >= 11 is 14.1. The van der Waals surface area contributed by atoms with E-state index in [9.17, 15) is 0 Å². The van der Waals surface area contributed by atoms with Crippen LogP contribution in [0.1, 0.15) is 68.7 Å². The normalized spacial score (nSPS) is 17.6. The molecular formula is C26H37PS3. The van der Waals surface area contributed by atoms with Crippen LogP contribution in [-0.4, -0.2) is 9.74 Å². The number of thiol groups is 3. The third-order valence-corrected chi connectivity index (χ3v) is 6.81. The predicted octanol–water partition coefficient (Wildman–Crippen LogP) is 8.19. The Morgan fingerprint density at radius 1 is 1.27 bits per heavy atom. The van der Waals surface area contributed by atoms with Crippen LogP contribution in [0.25, 0.3) is 5.57 Å². The Kier molecular flexibility index (Phi) is 9.94. The second-order valence-electron chi connectivity index (χ2n) is 8.78. The van der Waals surface area contributed by atoms with Crippen molar-refractivity contribution < 1.29 is 0 Å². The van der Waals surface area contributed by atoms with E-state index < -0.39 is 0 Å². The van der Waals surface area contributed by atoms with Crippen LogP contribution in [0.3, 0.4) is 0 Å². The number of aryl methyl sites for hydroxylation is 1. The summed E-state index contributed by atoms with van der Waals surface area (Å²) in [6.45, 7) is 12.6. The monoisotopic (exact) mass is 476 g/mol. The standard InChI is InChI=1S/C26H37PS3/c1-17(2)23-15-21(10-9-18(3)28)19(4)22(16-23)11-12-25(29)24(20-7-6-8-20)13-14-26(5,27)30/h9,13-16,25,28-30H,1,6-8,10-12,27H2,2-5H3/b14-13+,18-9+. The van der Waals surface area contributed by atoms with E-state index in [0.29, 0.717) is 0 Å². The highest BCUT2D eigenvalue weighted by Gasteiger charge is 2.19. The summed E-state index contributed by atoms with van der Waals surface area (Å²) in [5.41, 5.74) is 9.46. The van der Waals surface area contributed by atoms with E-state index >= 15 is 0 Å². The molecule has 0 aliphatic heterocycles. The predicted molar refractivity (Wildman–Crippen MR) is 151 cm³/mol. The molecule has 0 bridgehead atoms. The Morgan fingerprint density at radius 3 is 2.40 bits per heavy atom. The Morgan fingerprint density at radius 2 is 1.90 bits per heavy atom. The van der Waals surface area contributed by atoms with Crippen LogP contribution in [0.2, 0.25) is 0 Å². The molecule has 1 aromatic carbocycles. The van der Waals surface area contributed by atoms with E-state index in [1.54, 1.807) is 5.57 Å². The molecule has 30 heavy (non-hydrogen) atoms. The molecule has 0 radical (unpaired) electrons. The van der Waals surface area contributed by atoms with Crippen molar-refractivity contribution in [3.8, 4) is 0 Å². The van der Waals surface area contributed by atoms with E-state index in [0.717, 1.165) is 29.7 Å². The minimum absolute atomic E-state index is 0.191. The molecule has 1 fully saturated rings. The SMILES string of the molecule is C=C(C)c1cc(C/C=C(\C)S)c(C)c(CCC(S)C(/C=C/C(C)(P)S)=C2CCC2)c1. The van der Waals surface area contributed by atoms with E-state index in [4.69, 9.17) is 12.6 Å². The highest BCUT2D eigenvalue weighted by molar-refractivity contribution is 7.87. The van der Waals surface area contributed by atoms with Crippen LogP contribution < -0.4 is 0 Å². The van der Waals surface area contributed by atoms with Crippen molar-refractivity contribution in [3.05, 3.63) is 75.2 Å². The molecule has 0 heterocycles. The summed E-state index contributed by atoms with van der Waals surface area (Å²) in [4.78, 5) is 1.06. The average molecular weight is 477 g/mol. The molecule has 2 rings (SSSR count). The maximum atomic E-state index is 5.03. The van der Waals surface area contributed by atoms with Gasteiger partial charge >= 0.3 is 0 Å². The van der Waals surface area contributed by atoms with Gasteiger partial charge in [-0.1, -0.05) is 48.1 Å². The van der Waals surface area contributed by atoms with Gasteiger partial charge in [0.05, 0.1) is 0 Å². The van der Waals surface area contributed by atoms with Crippen molar-refractivity contribution >= 4 is 52.7 Å². The molecule has 4 heteroatoms. The summed E-state index contributed by atoms with van der Waals surface area (Å²) < 4.78 is -0.191. The first-order valence-electron chi connectivity index (χ1n) is 10.7. The molecule has 0 N–H and O–H groups in total. The molecule has 1 aliphatic rings. The molecule has 0 spiro atoms. The van der Waals surface area contributed by atoms with Gasteiger partial charge in [-0.05, 0) is 99.0 Å². The molecular weight excluding hydrogens is 439 g/mol. The number of rotatable bonds is 9. The van der Waals surface area contributed by atoms with E-state index in [2.05, 4.69) is 92.2 Å².